The van der Waals surface area contributed by atoms with Crippen LogP contribution in [0.5, 0.6) is 0 Å². The number of benzene rings is 1. The van der Waals surface area contributed by atoms with E-state index in [0.29, 0.717) is 0 Å². The van der Waals surface area contributed by atoms with Crippen LogP contribution in [-0.4, -0.2) is 13.1 Å². The Morgan fingerprint density at radius 1 is 1.29 bits per heavy atom. The van der Waals surface area contributed by atoms with Crippen LogP contribution in [0.2, 0.25) is 0 Å². The van der Waals surface area contributed by atoms with Gasteiger partial charge < -0.3 is 5.32 Å². The number of nitrogens with one attached hydrogen (secondary N) is 1. The minimum absolute atomic E-state index is 0.878. The zero-order valence-electron chi connectivity index (χ0n) is 10.6. The van der Waals surface area contributed by atoms with Gasteiger partial charge in [-0.15, -0.1) is 0 Å². The molecular weight excluding hydrogens is 274 g/mol. The minimum Gasteiger partial charge on any atom is -0.317 e. The molecule has 1 aromatic rings. The maximum Gasteiger partial charge on any atom is 0.0177 e. The molecule has 94 valence electrons. The fourth-order valence-electron chi connectivity index (χ4n) is 2.95. The molecular formula is C15H22BrN. The Kier molecular flexibility index (Phi) is 5.05. The normalized spacial score (nSPS) is 24.1. The molecule has 1 N–H and O–H groups in total. The Hall–Kier alpha value is -0.340. The second-order valence-electron chi connectivity index (χ2n) is 5.09. The monoisotopic (exact) mass is 295 g/mol. The van der Waals surface area contributed by atoms with E-state index in [4.69, 9.17) is 0 Å². The molecule has 0 radical (unpaired) electrons. The lowest BCUT2D eigenvalue weighted by Gasteiger charge is -2.20. The average molecular weight is 296 g/mol. The lowest BCUT2D eigenvalue weighted by atomic mass is 9.89. The van der Waals surface area contributed by atoms with E-state index in [2.05, 4.69) is 52.4 Å². The summed E-state index contributed by atoms with van der Waals surface area (Å²) in [5, 5.41) is 3.51. The van der Waals surface area contributed by atoms with Gasteiger partial charge in [0.2, 0.25) is 0 Å². The van der Waals surface area contributed by atoms with E-state index in [9.17, 15) is 0 Å². The van der Waals surface area contributed by atoms with Crippen molar-refractivity contribution in [2.24, 2.45) is 11.8 Å². The minimum atomic E-state index is 0.878. The quantitative estimate of drug-likeness (QED) is 0.865. The van der Waals surface area contributed by atoms with Crippen LogP contribution in [0.1, 0.15) is 31.7 Å². The van der Waals surface area contributed by atoms with Gasteiger partial charge in [0.15, 0.2) is 0 Å². The van der Waals surface area contributed by atoms with Crippen molar-refractivity contribution >= 4 is 15.9 Å². The summed E-state index contributed by atoms with van der Waals surface area (Å²) < 4.78 is 1.20. The highest BCUT2D eigenvalue weighted by Gasteiger charge is 2.26. The third kappa shape index (κ3) is 3.82. The van der Waals surface area contributed by atoms with Crippen LogP contribution in [0.25, 0.3) is 0 Å². The summed E-state index contributed by atoms with van der Waals surface area (Å²) in [5.41, 5.74) is 1.48. The Morgan fingerprint density at radius 2 is 2.12 bits per heavy atom. The molecule has 1 fully saturated rings. The van der Waals surface area contributed by atoms with Crippen molar-refractivity contribution in [3.05, 3.63) is 34.3 Å². The number of halogens is 1. The van der Waals surface area contributed by atoms with Crippen molar-refractivity contribution in [2.45, 2.75) is 32.6 Å². The van der Waals surface area contributed by atoms with E-state index in [-0.39, 0.29) is 0 Å². The summed E-state index contributed by atoms with van der Waals surface area (Å²) in [5.74, 6) is 1.76. The molecule has 1 saturated carbocycles. The van der Waals surface area contributed by atoms with E-state index in [1.807, 2.05) is 0 Å². The molecule has 0 aromatic heterocycles. The maximum absolute atomic E-state index is 3.56. The van der Waals surface area contributed by atoms with Crippen molar-refractivity contribution in [3.8, 4) is 0 Å². The Morgan fingerprint density at radius 3 is 2.88 bits per heavy atom. The van der Waals surface area contributed by atoms with E-state index in [1.165, 1.54) is 42.3 Å². The van der Waals surface area contributed by atoms with Crippen molar-refractivity contribution < 1.29 is 0 Å². The van der Waals surface area contributed by atoms with Gasteiger partial charge in [-0.3, -0.25) is 0 Å². The number of hydrogen-bond donors (Lipinski definition) is 1. The lowest BCUT2D eigenvalue weighted by molar-refractivity contribution is 0.368. The second kappa shape index (κ2) is 6.55. The number of rotatable bonds is 5. The first-order valence-electron chi connectivity index (χ1n) is 6.74. The predicted molar refractivity (Wildman–Crippen MR) is 77.2 cm³/mol. The van der Waals surface area contributed by atoms with E-state index in [1.54, 1.807) is 0 Å². The predicted octanol–water partition coefficient (Wildman–Crippen LogP) is 4.02. The van der Waals surface area contributed by atoms with Crippen LogP contribution in [0.15, 0.2) is 28.7 Å². The summed E-state index contributed by atoms with van der Waals surface area (Å²) >= 11 is 3.56. The molecule has 1 aliphatic rings. The molecule has 0 heterocycles. The summed E-state index contributed by atoms with van der Waals surface area (Å²) in [6, 6.07) is 8.78. The fourth-order valence-corrected chi connectivity index (χ4v) is 3.39. The molecule has 0 amide bonds. The summed E-state index contributed by atoms with van der Waals surface area (Å²) in [4.78, 5) is 0. The molecule has 2 unspecified atom stereocenters. The largest absolute Gasteiger partial charge is 0.317 e. The van der Waals surface area contributed by atoms with Crippen molar-refractivity contribution in [1.82, 2.24) is 5.32 Å². The third-order valence-corrected chi connectivity index (χ3v) is 4.35. The van der Waals surface area contributed by atoms with Gasteiger partial charge >= 0.3 is 0 Å². The zero-order valence-corrected chi connectivity index (χ0v) is 12.2. The summed E-state index contributed by atoms with van der Waals surface area (Å²) in [6.45, 7) is 4.49. The SMILES string of the molecule is CCNCC1CCCC1Cc1cccc(Br)c1. The Labute approximate surface area is 113 Å². The molecule has 1 aliphatic carbocycles. The summed E-state index contributed by atoms with van der Waals surface area (Å²) in [6.07, 6.45) is 5.47. The van der Waals surface area contributed by atoms with Crippen LogP contribution >= 0.6 is 15.9 Å². The molecule has 2 rings (SSSR count). The summed E-state index contributed by atoms with van der Waals surface area (Å²) in [7, 11) is 0. The molecule has 0 aliphatic heterocycles. The van der Waals surface area contributed by atoms with Gasteiger partial charge in [-0.2, -0.15) is 0 Å². The molecule has 2 heteroatoms. The highest BCUT2D eigenvalue weighted by Crippen LogP contribution is 2.34. The van der Waals surface area contributed by atoms with Crippen LogP contribution in [0.4, 0.5) is 0 Å². The van der Waals surface area contributed by atoms with E-state index in [0.717, 1.165) is 18.4 Å². The molecule has 1 aromatic carbocycles. The van der Waals surface area contributed by atoms with Gasteiger partial charge in [-0.25, -0.2) is 0 Å². The van der Waals surface area contributed by atoms with Gasteiger partial charge in [0, 0.05) is 4.47 Å². The van der Waals surface area contributed by atoms with Crippen molar-refractivity contribution in [3.63, 3.8) is 0 Å². The standard InChI is InChI=1S/C15H22BrN/c1-2-17-11-14-7-4-6-13(14)9-12-5-3-8-15(16)10-12/h3,5,8,10,13-14,17H,2,4,6-7,9,11H2,1H3. The molecule has 0 bridgehead atoms. The molecule has 17 heavy (non-hydrogen) atoms. The van der Waals surface area contributed by atoms with Crippen LogP contribution in [0.3, 0.4) is 0 Å². The van der Waals surface area contributed by atoms with Gasteiger partial charge in [0.25, 0.3) is 0 Å². The Balaban J connectivity index is 1.93. The highest BCUT2D eigenvalue weighted by molar-refractivity contribution is 9.10. The Bertz CT molecular complexity index is 351. The van der Waals surface area contributed by atoms with E-state index < -0.39 is 0 Å². The smallest absolute Gasteiger partial charge is 0.0177 e. The van der Waals surface area contributed by atoms with Crippen LogP contribution in [-0.2, 0) is 6.42 Å². The van der Waals surface area contributed by atoms with Gasteiger partial charge in [-0.05, 0) is 61.9 Å². The zero-order chi connectivity index (χ0) is 12.1. The molecule has 2 atom stereocenters. The second-order valence-corrected chi connectivity index (χ2v) is 6.01. The highest BCUT2D eigenvalue weighted by atomic mass is 79.9. The molecule has 1 nitrogen and oxygen atoms in total. The first-order valence-corrected chi connectivity index (χ1v) is 7.54. The van der Waals surface area contributed by atoms with Crippen molar-refractivity contribution in [2.75, 3.05) is 13.1 Å². The maximum atomic E-state index is 3.56. The van der Waals surface area contributed by atoms with Gasteiger partial charge in [-0.1, -0.05) is 41.4 Å². The van der Waals surface area contributed by atoms with Gasteiger partial charge in [0.1, 0.15) is 0 Å². The van der Waals surface area contributed by atoms with Gasteiger partial charge in [0.05, 0.1) is 0 Å². The average Bonchev–Trinajstić information content (AvgIpc) is 2.74. The first-order chi connectivity index (χ1) is 8.29. The molecule has 0 saturated heterocycles. The first kappa shape index (κ1) is 13.1. The van der Waals surface area contributed by atoms with E-state index >= 15 is 0 Å². The topological polar surface area (TPSA) is 12.0 Å². The van der Waals surface area contributed by atoms with Crippen LogP contribution < -0.4 is 5.32 Å². The fraction of sp³-hybridized carbons (Fsp3) is 0.600. The van der Waals surface area contributed by atoms with Crippen molar-refractivity contribution in [1.29, 1.82) is 0 Å². The lowest BCUT2D eigenvalue weighted by Crippen LogP contribution is -2.25. The van der Waals surface area contributed by atoms with Crippen LogP contribution in [0, 0.1) is 11.8 Å². The number of hydrogen-bond acceptors (Lipinski definition) is 1. The molecule has 0 spiro atoms. The third-order valence-electron chi connectivity index (χ3n) is 3.86.